The molecule has 0 unspecified atom stereocenters. The van der Waals surface area contributed by atoms with Crippen LogP contribution >= 0.6 is 0 Å². The summed E-state index contributed by atoms with van der Waals surface area (Å²) >= 11 is 0. The Balaban J connectivity index is 1.86. The average Bonchev–Trinajstić information content (AvgIpc) is 3.42. The van der Waals surface area contributed by atoms with Crippen molar-refractivity contribution in [1.29, 1.82) is 0 Å². The van der Waals surface area contributed by atoms with Gasteiger partial charge in [-0.25, -0.2) is 4.68 Å². The van der Waals surface area contributed by atoms with Crippen molar-refractivity contribution in [2.45, 2.75) is 38.6 Å². The third-order valence-electron chi connectivity index (χ3n) is 6.15. The molecule has 0 N–H and O–H groups in total. The Morgan fingerprint density at radius 2 is 1.88 bits per heavy atom. The first-order chi connectivity index (χ1) is 16.1. The molecule has 2 aromatic carbocycles. The van der Waals surface area contributed by atoms with Crippen LogP contribution in [0.3, 0.4) is 0 Å². The van der Waals surface area contributed by atoms with E-state index in [4.69, 9.17) is 14.2 Å². The van der Waals surface area contributed by atoms with Gasteiger partial charge in [0.25, 0.3) is 5.91 Å². The van der Waals surface area contributed by atoms with Gasteiger partial charge in [-0.2, -0.15) is 0 Å². The van der Waals surface area contributed by atoms with Crippen LogP contribution in [0.25, 0.3) is 16.8 Å². The summed E-state index contributed by atoms with van der Waals surface area (Å²) in [6.45, 7) is 2.90. The van der Waals surface area contributed by atoms with Crippen molar-refractivity contribution in [2.24, 2.45) is 0 Å². The summed E-state index contributed by atoms with van der Waals surface area (Å²) in [5.74, 6) is 1.58. The molecule has 0 aliphatic carbocycles. The van der Waals surface area contributed by atoms with Crippen LogP contribution in [0, 0.1) is 0 Å². The molecular formula is C24H29N5O4. The van der Waals surface area contributed by atoms with Crippen LogP contribution in [0.15, 0.2) is 36.7 Å². The Hall–Kier alpha value is -3.62. The van der Waals surface area contributed by atoms with Crippen molar-refractivity contribution in [3.8, 4) is 34.1 Å². The summed E-state index contributed by atoms with van der Waals surface area (Å²) in [6.07, 6.45) is 5.65. The van der Waals surface area contributed by atoms with Gasteiger partial charge in [0, 0.05) is 23.7 Å². The largest absolute Gasteiger partial charge is 0.493 e. The molecule has 1 aliphatic rings. The molecule has 0 bridgehead atoms. The van der Waals surface area contributed by atoms with Gasteiger partial charge >= 0.3 is 0 Å². The van der Waals surface area contributed by atoms with E-state index in [9.17, 15) is 4.79 Å². The minimum Gasteiger partial charge on any atom is -0.493 e. The van der Waals surface area contributed by atoms with Crippen molar-refractivity contribution >= 4 is 5.91 Å². The molecule has 1 aliphatic heterocycles. The van der Waals surface area contributed by atoms with Crippen molar-refractivity contribution in [2.75, 3.05) is 27.9 Å². The summed E-state index contributed by atoms with van der Waals surface area (Å²) in [6, 6.07) is 9.60. The van der Waals surface area contributed by atoms with Crippen LogP contribution in [0.5, 0.6) is 17.2 Å². The minimum atomic E-state index is 0.0113. The van der Waals surface area contributed by atoms with Gasteiger partial charge in [0.1, 0.15) is 6.33 Å². The zero-order chi connectivity index (χ0) is 23.4. The Morgan fingerprint density at radius 1 is 1.06 bits per heavy atom. The highest BCUT2D eigenvalue weighted by molar-refractivity contribution is 5.97. The normalized spacial score (nSPS) is 15.9. The number of aromatic nitrogens is 4. The third kappa shape index (κ3) is 4.35. The maximum absolute atomic E-state index is 13.6. The molecule has 1 saturated heterocycles. The number of carbonyl (C=O) groups excluding carboxylic acids is 1. The fourth-order valence-corrected chi connectivity index (χ4v) is 4.49. The van der Waals surface area contributed by atoms with E-state index in [0.717, 1.165) is 43.4 Å². The molecule has 4 rings (SSSR count). The molecule has 9 heteroatoms. The topological polar surface area (TPSA) is 91.6 Å². The zero-order valence-electron chi connectivity index (χ0n) is 19.4. The van der Waals surface area contributed by atoms with Crippen molar-refractivity contribution < 1.29 is 19.0 Å². The Morgan fingerprint density at radius 3 is 2.55 bits per heavy atom. The van der Waals surface area contributed by atoms with Gasteiger partial charge in [-0.1, -0.05) is 6.92 Å². The molecule has 174 valence electrons. The lowest BCUT2D eigenvalue weighted by molar-refractivity contribution is 0.0608. The molecule has 1 fully saturated rings. The number of carbonyl (C=O) groups is 1. The lowest BCUT2D eigenvalue weighted by atomic mass is 9.96. The first kappa shape index (κ1) is 22.6. The number of methoxy groups -OCH3 is 3. The molecule has 1 atom stereocenters. The molecule has 3 aromatic rings. The first-order valence-electron chi connectivity index (χ1n) is 11.1. The monoisotopic (exact) mass is 451 g/mol. The van der Waals surface area contributed by atoms with Gasteiger partial charge in [0.05, 0.1) is 27.0 Å². The number of ether oxygens (including phenoxy) is 3. The van der Waals surface area contributed by atoms with Gasteiger partial charge in [0.2, 0.25) is 5.75 Å². The smallest absolute Gasteiger partial charge is 0.254 e. The average molecular weight is 452 g/mol. The Kier molecular flexibility index (Phi) is 6.76. The van der Waals surface area contributed by atoms with Crippen LogP contribution in [-0.2, 0) is 0 Å². The number of rotatable bonds is 7. The SMILES string of the molecule is CC[C@H]1CCCCN1C(=O)c1cc(-c2ccc(OC)c(OC)c2OC)cc(-n2cnnn2)c1. The van der Waals surface area contributed by atoms with Crippen molar-refractivity contribution in [3.63, 3.8) is 0 Å². The fourth-order valence-electron chi connectivity index (χ4n) is 4.49. The third-order valence-corrected chi connectivity index (χ3v) is 6.15. The summed E-state index contributed by atoms with van der Waals surface area (Å²) in [7, 11) is 4.73. The molecule has 9 nitrogen and oxygen atoms in total. The second-order valence-electron chi connectivity index (χ2n) is 7.96. The van der Waals surface area contributed by atoms with Gasteiger partial charge < -0.3 is 19.1 Å². The standard InChI is InChI=1S/C24H29N5O4/c1-5-18-8-6-7-11-28(18)24(30)17-12-16(13-19(14-17)29-15-25-26-27-29)20-9-10-21(31-2)23(33-4)22(20)32-3/h9-10,12-15,18H,5-8,11H2,1-4H3/t18-/m0/s1. The second-order valence-corrected chi connectivity index (χ2v) is 7.96. The van der Waals surface area contributed by atoms with Gasteiger partial charge in [-0.05, 0) is 72.0 Å². The predicted molar refractivity (Wildman–Crippen MR) is 123 cm³/mol. The lowest BCUT2D eigenvalue weighted by Gasteiger charge is -2.35. The van der Waals surface area contributed by atoms with Crippen LogP contribution < -0.4 is 14.2 Å². The van der Waals surface area contributed by atoms with Crippen LogP contribution in [0.4, 0.5) is 0 Å². The summed E-state index contributed by atoms with van der Waals surface area (Å²) in [5, 5.41) is 11.5. The first-order valence-corrected chi connectivity index (χ1v) is 11.1. The van der Waals surface area contributed by atoms with E-state index in [2.05, 4.69) is 22.4 Å². The van der Waals surface area contributed by atoms with Crippen LogP contribution in [-0.4, -0.2) is 64.9 Å². The van der Waals surface area contributed by atoms with E-state index < -0.39 is 0 Å². The van der Waals surface area contributed by atoms with E-state index in [0.29, 0.717) is 28.5 Å². The number of amides is 1. The van der Waals surface area contributed by atoms with Crippen LogP contribution in [0.2, 0.25) is 0 Å². The number of benzene rings is 2. The van der Waals surface area contributed by atoms with E-state index in [1.807, 2.05) is 35.2 Å². The summed E-state index contributed by atoms with van der Waals surface area (Å²) in [4.78, 5) is 15.6. The lowest BCUT2D eigenvalue weighted by Crippen LogP contribution is -2.43. The molecule has 2 heterocycles. The van der Waals surface area contributed by atoms with E-state index >= 15 is 0 Å². The van der Waals surface area contributed by atoms with Crippen LogP contribution in [0.1, 0.15) is 43.0 Å². The Bertz CT molecular complexity index is 1120. The highest BCUT2D eigenvalue weighted by Crippen LogP contribution is 2.44. The molecule has 33 heavy (non-hydrogen) atoms. The highest BCUT2D eigenvalue weighted by atomic mass is 16.5. The molecular weight excluding hydrogens is 422 g/mol. The van der Waals surface area contributed by atoms with Gasteiger partial charge in [-0.15, -0.1) is 5.10 Å². The number of hydrogen-bond acceptors (Lipinski definition) is 7. The van der Waals surface area contributed by atoms with E-state index in [1.165, 1.54) is 6.33 Å². The number of nitrogens with zero attached hydrogens (tertiary/aromatic N) is 5. The summed E-state index contributed by atoms with van der Waals surface area (Å²) in [5.41, 5.74) is 2.82. The Labute approximate surface area is 193 Å². The number of tetrazole rings is 1. The molecule has 0 radical (unpaired) electrons. The molecule has 1 amide bonds. The summed E-state index contributed by atoms with van der Waals surface area (Å²) < 4.78 is 18.2. The molecule has 0 saturated carbocycles. The quantitative estimate of drug-likeness (QED) is 0.540. The van der Waals surface area contributed by atoms with Gasteiger partial charge in [0.15, 0.2) is 11.5 Å². The molecule has 0 spiro atoms. The second kappa shape index (κ2) is 9.89. The zero-order valence-corrected chi connectivity index (χ0v) is 19.4. The number of hydrogen-bond donors (Lipinski definition) is 0. The van der Waals surface area contributed by atoms with Crippen molar-refractivity contribution in [1.82, 2.24) is 25.1 Å². The predicted octanol–water partition coefficient (Wildman–Crippen LogP) is 3.76. The van der Waals surface area contributed by atoms with E-state index in [1.54, 1.807) is 26.0 Å². The maximum atomic E-state index is 13.6. The van der Waals surface area contributed by atoms with Crippen molar-refractivity contribution in [3.05, 3.63) is 42.2 Å². The molecule has 1 aromatic heterocycles. The maximum Gasteiger partial charge on any atom is 0.254 e. The highest BCUT2D eigenvalue weighted by Gasteiger charge is 2.27. The number of piperidine rings is 1. The fraction of sp³-hybridized carbons (Fsp3) is 0.417. The van der Waals surface area contributed by atoms with Gasteiger partial charge in [-0.3, -0.25) is 4.79 Å². The number of likely N-dealkylation sites (tertiary alicyclic amines) is 1. The van der Waals surface area contributed by atoms with E-state index in [-0.39, 0.29) is 11.9 Å². The minimum absolute atomic E-state index is 0.0113.